The number of carbonyl (C=O) groups excluding carboxylic acids is 3. The molecule has 0 aliphatic carbocycles. The second kappa shape index (κ2) is 4.29. The zero-order valence-electron chi connectivity index (χ0n) is 10.4. The SMILES string of the molecule is Cc1cc(C(C)N2C(=O)CC(=O)NC2=O)c(C)o1. The van der Waals surface area contributed by atoms with Gasteiger partial charge in [0.25, 0.3) is 0 Å². The summed E-state index contributed by atoms with van der Waals surface area (Å²) in [6.07, 6.45) is -0.300. The Morgan fingerprint density at radius 2 is 2.00 bits per heavy atom. The number of rotatable bonds is 2. The monoisotopic (exact) mass is 250 g/mol. The van der Waals surface area contributed by atoms with Crippen molar-refractivity contribution in [1.29, 1.82) is 0 Å². The maximum Gasteiger partial charge on any atom is 0.331 e. The maximum atomic E-state index is 11.8. The summed E-state index contributed by atoms with van der Waals surface area (Å²) in [5.74, 6) is 0.329. The molecular weight excluding hydrogens is 236 g/mol. The number of hydrogen-bond acceptors (Lipinski definition) is 4. The van der Waals surface area contributed by atoms with Gasteiger partial charge in [-0.2, -0.15) is 0 Å². The molecule has 6 heteroatoms. The van der Waals surface area contributed by atoms with Crippen LogP contribution in [-0.4, -0.2) is 22.7 Å². The first-order valence-corrected chi connectivity index (χ1v) is 5.63. The Kier molecular flexibility index (Phi) is 2.94. The minimum Gasteiger partial charge on any atom is -0.466 e. The number of carbonyl (C=O) groups is 3. The van der Waals surface area contributed by atoms with Crippen molar-refractivity contribution in [3.05, 3.63) is 23.2 Å². The number of imide groups is 2. The number of nitrogens with zero attached hydrogens (tertiary/aromatic N) is 1. The molecule has 1 N–H and O–H groups in total. The Morgan fingerprint density at radius 3 is 2.50 bits per heavy atom. The third-order valence-corrected chi connectivity index (χ3v) is 2.96. The number of hydrogen-bond donors (Lipinski definition) is 1. The molecule has 0 saturated carbocycles. The van der Waals surface area contributed by atoms with E-state index in [1.165, 1.54) is 0 Å². The Bertz CT molecular complexity index is 512. The van der Waals surface area contributed by atoms with Gasteiger partial charge in [0, 0.05) is 5.56 Å². The molecular formula is C12H14N2O4. The predicted octanol–water partition coefficient (Wildman–Crippen LogP) is 1.43. The van der Waals surface area contributed by atoms with Gasteiger partial charge in [0.15, 0.2) is 0 Å². The van der Waals surface area contributed by atoms with Crippen LogP contribution < -0.4 is 5.32 Å². The zero-order valence-corrected chi connectivity index (χ0v) is 10.4. The highest BCUT2D eigenvalue weighted by Crippen LogP contribution is 2.27. The highest BCUT2D eigenvalue weighted by molar-refractivity contribution is 6.14. The smallest absolute Gasteiger partial charge is 0.331 e. The van der Waals surface area contributed by atoms with Gasteiger partial charge in [-0.15, -0.1) is 0 Å². The Morgan fingerprint density at radius 1 is 1.33 bits per heavy atom. The van der Waals surface area contributed by atoms with Crippen LogP contribution in [-0.2, 0) is 9.59 Å². The molecule has 0 aromatic carbocycles. The molecule has 1 unspecified atom stereocenters. The van der Waals surface area contributed by atoms with Crippen molar-refractivity contribution in [2.75, 3.05) is 0 Å². The third-order valence-electron chi connectivity index (χ3n) is 2.96. The maximum absolute atomic E-state index is 11.8. The van der Waals surface area contributed by atoms with E-state index < -0.39 is 23.9 Å². The van der Waals surface area contributed by atoms with Crippen LogP contribution in [0.25, 0.3) is 0 Å². The molecule has 0 radical (unpaired) electrons. The molecule has 2 rings (SSSR count). The highest BCUT2D eigenvalue weighted by atomic mass is 16.3. The van der Waals surface area contributed by atoms with Crippen molar-refractivity contribution in [2.24, 2.45) is 0 Å². The van der Waals surface area contributed by atoms with E-state index in [-0.39, 0.29) is 6.42 Å². The van der Waals surface area contributed by atoms with Gasteiger partial charge >= 0.3 is 6.03 Å². The lowest BCUT2D eigenvalue weighted by molar-refractivity contribution is -0.137. The van der Waals surface area contributed by atoms with Crippen molar-refractivity contribution in [3.8, 4) is 0 Å². The fraction of sp³-hybridized carbons (Fsp3) is 0.417. The van der Waals surface area contributed by atoms with Crippen molar-refractivity contribution < 1.29 is 18.8 Å². The lowest BCUT2D eigenvalue weighted by Crippen LogP contribution is -2.53. The highest BCUT2D eigenvalue weighted by Gasteiger charge is 2.35. The minimum absolute atomic E-state index is 0.300. The summed E-state index contributed by atoms with van der Waals surface area (Å²) in [5.41, 5.74) is 0.769. The van der Waals surface area contributed by atoms with Crippen LogP contribution in [0.5, 0.6) is 0 Å². The zero-order chi connectivity index (χ0) is 13.4. The number of amides is 4. The second-order valence-corrected chi connectivity index (χ2v) is 4.34. The lowest BCUT2D eigenvalue weighted by Gasteiger charge is -2.29. The summed E-state index contributed by atoms with van der Waals surface area (Å²) in [4.78, 5) is 35.6. The summed E-state index contributed by atoms with van der Waals surface area (Å²) < 4.78 is 5.38. The molecule has 1 aromatic rings. The van der Waals surface area contributed by atoms with E-state index >= 15 is 0 Å². The number of furan rings is 1. The van der Waals surface area contributed by atoms with E-state index in [1.54, 1.807) is 26.8 Å². The molecule has 0 bridgehead atoms. The van der Waals surface area contributed by atoms with Crippen molar-refractivity contribution >= 4 is 17.8 Å². The molecule has 18 heavy (non-hydrogen) atoms. The average molecular weight is 250 g/mol. The largest absolute Gasteiger partial charge is 0.466 e. The standard InChI is InChI=1S/C12H14N2O4/c1-6-4-9(8(3)18-6)7(2)14-11(16)5-10(15)13-12(14)17/h4,7H,5H2,1-3H3,(H,13,15,17). The van der Waals surface area contributed by atoms with Gasteiger partial charge in [-0.05, 0) is 26.8 Å². The second-order valence-electron chi connectivity index (χ2n) is 4.34. The Labute approximate surface area is 104 Å². The van der Waals surface area contributed by atoms with Gasteiger partial charge in [-0.1, -0.05) is 0 Å². The van der Waals surface area contributed by atoms with Crippen molar-refractivity contribution in [2.45, 2.75) is 33.2 Å². The summed E-state index contributed by atoms with van der Waals surface area (Å²) in [6.45, 7) is 5.30. The quantitative estimate of drug-likeness (QED) is 0.805. The van der Waals surface area contributed by atoms with Crippen LogP contribution >= 0.6 is 0 Å². The Balaban J connectivity index is 2.30. The number of barbiturate groups is 1. The molecule has 0 spiro atoms. The molecule has 4 amide bonds. The molecule has 1 aliphatic rings. The summed E-state index contributed by atoms with van der Waals surface area (Å²) in [7, 11) is 0. The molecule has 1 aliphatic heterocycles. The fourth-order valence-electron chi connectivity index (χ4n) is 2.16. The van der Waals surface area contributed by atoms with Gasteiger partial charge in [0.1, 0.15) is 17.9 Å². The molecule has 2 heterocycles. The molecule has 1 atom stereocenters. The summed E-state index contributed by atoms with van der Waals surface area (Å²) in [6, 6.07) is 0.654. The van der Waals surface area contributed by atoms with Gasteiger partial charge in [0.05, 0.1) is 6.04 Å². The van der Waals surface area contributed by atoms with E-state index in [9.17, 15) is 14.4 Å². The summed E-state index contributed by atoms with van der Waals surface area (Å²) >= 11 is 0. The van der Waals surface area contributed by atoms with E-state index in [4.69, 9.17) is 4.42 Å². The predicted molar refractivity (Wildman–Crippen MR) is 61.6 cm³/mol. The minimum atomic E-state index is -0.679. The number of urea groups is 1. The summed E-state index contributed by atoms with van der Waals surface area (Å²) in [5, 5.41) is 2.13. The van der Waals surface area contributed by atoms with Gasteiger partial charge < -0.3 is 4.42 Å². The molecule has 96 valence electrons. The van der Waals surface area contributed by atoms with Crippen LogP contribution in [0.3, 0.4) is 0 Å². The normalized spacial score (nSPS) is 17.9. The van der Waals surface area contributed by atoms with E-state index in [0.717, 1.165) is 16.2 Å². The first-order valence-electron chi connectivity index (χ1n) is 5.63. The van der Waals surface area contributed by atoms with E-state index in [0.29, 0.717) is 5.76 Å². The molecule has 6 nitrogen and oxygen atoms in total. The lowest BCUT2D eigenvalue weighted by atomic mass is 10.1. The fourth-order valence-corrected chi connectivity index (χ4v) is 2.16. The molecule has 1 fully saturated rings. The van der Waals surface area contributed by atoms with Gasteiger partial charge in [-0.25, -0.2) is 4.79 Å². The number of nitrogens with one attached hydrogen (secondary N) is 1. The molecule has 1 saturated heterocycles. The van der Waals surface area contributed by atoms with Crippen LogP contribution in [0.2, 0.25) is 0 Å². The van der Waals surface area contributed by atoms with Crippen LogP contribution in [0.15, 0.2) is 10.5 Å². The van der Waals surface area contributed by atoms with Gasteiger partial charge in [-0.3, -0.25) is 19.8 Å². The number of aryl methyl sites for hydroxylation is 2. The Hall–Kier alpha value is -2.11. The van der Waals surface area contributed by atoms with Crippen LogP contribution in [0.4, 0.5) is 4.79 Å². The first kappa shape index (κ1) is 12.3. The third kappa shape index (κ3) is 2.01. The van der Waals surface area contributed by atoms with Crippen molar-refractivity contribution in [3.63, 3.8) is 0 Å². The average Bonchev–Trinajstić information content (AvgIpc) is 2.56. The topological polar surface area (TPSA) is 79.6 Å². The van der Waals surface area contributed by atoms with Crippen molar-refractivity contribution in [1.82, 2.24) is 10.2 Å². The van der Waals surface area contributed by atoms with Crippen LogP contribution in [0, 0.1) is 13.8 Å². The van der Waals surface area contributed by atoms with Crippen LogP contribution in [0.1, 0.15) is 36.5 Å². The first-order chi connectivity index (χ1) is 8.40. The molecule has 1 aromatic heterocycles. The van der Waals surface area contributed by atoms with Gasteiger partial charge in [0.2, 0.25) is 11.8 Å². The van der Waals surface area contributed by atoms with E-state index in [1.807, 2.05) is 0 Å². The van der Waals surface area contributed by atoms with E-state index in [2.05, 4.69) is 5.32 Å².